The van der Waals surface area contributed by atoms with Crippen molar-refractivity contribution in [3.05, 3.63) is 64.7 Å². The summed E-state index contributed by atoms with van der Waals surface area (Å²) in [5, 5.41) is 0.643. The summed E-state index contributed by atoms with van der Waals surface area (Å²) in [6.45, 7) is 2.68. The number of halogens is 1. The van der Waals surface area contributed by atoms with Crippen LogP contribution in [0.1, 0.15) is 37.3 Å². The molecule has 0 aromatic heterocycles. The molecule has 0 bridgehead atoms. The zero-order valence-corrected chi connectivity index (χ0v) is 13.0. The highest BCUT2D eigenvalue weighted by molar-refractivity contribution is 6.32. The van der Waals surface area contributed by atoms with Crippen LogP contribution in [0.25, 0.3) is 0 Å². The molecule has 0 saturated carbocycles. The highest BCUT2D eigenvalue weighted by atomic mass is 35.5. The SMILES string of the molecule is CCCCC#Cc1c(Cl)cccc1OCc1ccccc1. The van der Waals surface area contributed by atoms with Gasteiger partial charge in [0.25, 0.3) is 0 Å². The zero-order chi connectivity index (χ0) is 14.9. The van der Waals surface area contributed by atoms with E-state index in [0.29, 0.717) is 11.6 Å². The second-order valence-corrected chi connectivity index (χ2v) is 5.20. The van der Waals surface area contributed by atoms with E-state index < -0.39 is 0 Å². The maximum atomic E-state index is 6.24. The first-order chi connectivity index (χ1) is 10.3. The molecule has 0 aliphatic rings. The van der Waals surface area contributed by atoms with E-state index in [9.17, 15) is 0 Å². The first kappa shape index (κ1) is 15.5. The number of unbranched alkanes of at least 4 members (excludes halogenated alkanes) is 2. The van der Waals surface area contributed by atoms with Gasteiger partial charge in [-0.2, -0.15) is 0 Å². The minimum atomic E-state index is 0.519. The lowest BCUT2D eigenvalue weighted by Gasteiger charge is -2.09. The molecule has 2 aromatic carbocycles. The maximum Gasteiger partial charge on any atom is 0.136 e. The molecule has 2 rings (SSSR count). The van der Waals surface area contributed by atoms with Crippen LogP contribution < -0.4 is 4.74 Å². The molecule has 0 unspecified atom stereocenters. The molecule has 0 aliphatic carbocycles. The van der Waals surface area contributed by atoms with Crippen LogP contribution >= 0.6 is 11.6 Å². The summed E-state index contributed by atoms with van der Waals surface area (Å²) in [5.74, 6) is 7.06. The molecule has 0 atom stereocenters. The Bertz CT molecular complexity index is 623. The van der Waals surface area contributed by atoms with Gasteiger partial charge in [0.05, 0.1) is 10.6 Å². The van der Waals surface area contributed by atoms with Crippen molar-refractivity contribution >= 4 is 11.6 Å². The fourth-order valence-corrected chi connectivity index (χ4v) is 2.11. The summed E-state index contributed by atoms with van der Waals surface area (Å²) in [4.78, 5) is 0. The van der Waals surface area contributed by atoms with Gasteiger partial charge in [0.15, 0.2) is 0 Å². The van der Waals surface area contributed by atoms with Gasteiger partial charge in [-0.15, -0.1) is 0 Å². The number of rotatable bonds is 5. The van der Waals surface area contributed by atoms with E-state index in [-0.39, 0.29) is 0 Å². The van der Waals surface area contributed by atoms with Gasteiger partial charge in [-0.25, -0.2) is 0 Å². The molecule has 0 fully saturated rings. The monoisotopic (exact) mass is 298 g/mol. The van der Waals surface area contributed by atoms with E-state index in [2.05, 4.69) is 18.8 Å². The smallest absolute Gasteiger partial charge is 0.136 e. The maximum absolute atomic E-state index is 6.24. The molecular formula is C19H19ClO. The molecule has 2 aromatic rings. The van der Waals surface area contributed by atoms with Crippen LogP contribution in [0, 0.1) is 11.8 Å². The Kier molecular flexibility index (Phi) is 6.19. The molecule has 108 valence electrons. The van der Waals surface area contributed by atoms with Gasteiger partial charge < -0.3 is 4.74 Å². The molecule has 0 saturated heterocycles. The Morgan fingerprint density at radius 3 is 2.62 bits per heavy atom. The van der Waals surface area contributed by atoms with E-state index in [1.807, 2.05) is 48.5 Å². The fourth-order valence-electron chi connectivity index (χ4n) is 1.90. The standard InChI is InChI=1S/C19H19ClO/c1-2-3-4-8-12-17-18(20)13-9-14-19(17)21-15-16-10-6-5-7-11-16/h5-7,9-11,13-14H,2-4,15H2,1H3. The Balaban J connectivity index is 2.11. The van der Waals surface area contributed by atoms with Crippen LogP contribution in [-0.4, -0.2) is 0 Å². The van der Waals surface area contributed by atoms with Crippen LogP contribution in [-0.2, 0) is 6.61 Å². The molecule has 2 heteroatoms. The highest BCUT2D eigenvalue weighted by Gasteiger charge is 2.06. The Morgan fingerprint density at radius 2 is 1.86 bits per heavy atom. The van der Waals surface area contributed by atoms with Crippen molar-refractivity contribution in [2.45, 2.75) is 32.8 Å². The van der Waals surface area contributed by atoms with Crippen LogP contribution in [0.5, 0.6) is 5.75 Å². The summed E-state index contributed by atoms with van der Waals surface area (Å²) in [7, 11) is 0. The molecular weight excluding hydrogens is 280 g/mol. The molecule has 0 spiro atoms. The van der Waals surface area contributed by atoms with Crippen molar-refractivity contribution < 1.29 is 4.74 Å². The molecule has 1 nitrogen and oxygen atoms in total. The summed E-state index contributed by atoms with van der Waals surface area (Å²) in [6, 6.07) is 15.7. The molecule has 0 amide bonds. The van der Waals surface area contributed by atoms with Crippen molar-refractivity contribution in [2.24, 2.45) is 0 Å². The first-order valence-electron chi connectivity index (χ1n) is 7.25. The van der Waals surface area contributed by atoms with E-state index in [1.54, 1.807) is 0 Å². The van der Waals surface area contributed by atoms with E-state index >= 15 is 0 Å². The van der Waals surface area contributed by atoms with Gasteiger partial charge in [0.2, 0.25) is 0 Å². The van der Waals surface area contributed by atoms with Gasteiger partial charge in [0.1, 0.15) is 12.4 Å². The average Bonchev–Trinajstić information content (AvgIpc) is 2.52. The van der Waals surface area contributed by atoms with Crippen molar-refractivity contribution in [1.29, 1.82) is 0 Å². The fraction of sp³-hybridized carbons (Fsp3) is 0.263. The highest BCUT2D eigenvalue weighted by Crippen LogP contribution is 2.26. The van der Waals surface area contributed by atoms with E-state index in [1.165, 1.54) is 0 Å². The lowest BCUT2D eigenvalue weighted by molar-refractivity contribution is 0.305. The Hall–Kier alpha value is -1.91. The summed E-state index contributed by atoms with van der Waals surface area (Å²) in [6.07, 6.45) is 3.14. The number of ether oxygens (including phenoxy) is 1. The molecule has 0 aliphatic heterocycles. The number of hydrogen-bond donors (Lipinski definition) is 0. The molecule has 0 N–H and O–H groups in total. The lowest BCUT2D eigenvalue weighted by atomic mass is 10.2. The van der Waals surface area contributed by atoms with Crippen LogP contribution in [0.2, 0.25) is 5.02 Å². The Labute approximate surface area is 131 Å². The summed E-state index contributed by atoms with van der Waals surface area (Å²) < 4.78 is 5.87. The van der Waals surface area contributed by atoms with Crippen molar-refractivity contribution in [3.8, 4) is 17.6 Å². The van der Waals surface area contributed by atoms with Gasteiger partial charge in [-0.05, 0) is 24.1 Å². The van der Waals surface area contributed by atoms with E-state index in [4.69, 9.17) is 16.3 Å². The van der Waals surface area contributed by atoms with Gasteiger partial charge in [0, 0.05) is 6.42 Å². The Morgan fingerprint density at radius 1 is 1.05 bits per heavy atom. The minimum absolute atomic E-state index is 0.519. The quantitative estimate of drug-likeness (QED) is 0.526. The van der Waals surface area contributed by atoms with Crippen molar-refractivity contribution in [1.82, 2.24) is 0 Å². The normalized spacial score (nSPS) is 9.81. The predicted octanol–water partition coefficient (Wildman–Crippen LogP) is 5.46. The number of hydrogen-bond acceptors (Lipinski definition) is 1. The molecule has 21 heavy (non-hydrogen) atoms. The molecule has 0 heterocycles. The van der Waals surface area contributed by atoms with Gasteiger partial charge in [-0.3, -0.25) is 0 Å². The zero-order valence-electron chi connectivity index (χ0n) is 12.2. The lowest BCUT2D eigenvalue weighted by Crippen LogP contribution is -1.97. The minimum Gasteiger partial charge on any atom is -0.488 e. The third kappa shape index (κ3) is 4.85. The van der Waals surface area contributed by atoms with Gasteiger partial charge in [-0.1, -0.05) is 73.2 Å². The summed E-state index contributed by atoms with van der Waals surface area (Å²) >= 11 is 6.24. The second kappa shape index (κ2) is 8.39. The van der Waals surface area contributed by atoms with Crippen LogP contribution in [0.4, 0.5) is 0 Å². The largest absolute Gasteiger partial charge is 0.488 e. The topological polar surface area (TPSA) is 9.23 Å². The average molecular weight is 299 g/mol. The number of benzene rings is 2. The molecule has 0 radical (unpaired) electrons. The van der Waals surface area contributed by atoms with Gasteiger partial charge >= 0.3 is 0 Å². The third-order valence-electron chi connectivity index (χ3n) is 3.08. The van der Waals surface area contributed by atoms with Crippen LogP contribution in [0.15, 0.2) is 48.5 Å². The first-order valence-corrected chi connectivity index (χ1v) is 7.63. The summed E-state index contributed by atoms with van der Waals surface area (Å²) in [5.41, 5.74) is 1.91. The predicted molar refractivity (Wildman–Crippen MR) is 88.6 cm³/mol. The van der Waals surface area contributed by atoms with Crippen molar-refractivity contribution in [2.75, 3.05) is 0 Å². The second-order valence-electron chi connectivity index (χ2n) is 4.79. The van der Waals surface area contributed by atoms with E-state index in [0.717, 1.165) is 36.1 Å². The third-order valence-corrected chi connectivity index (χ3v) is 3.40. The van der Waals surface area contributed by atoms with Crippen LogP contribution in [0.3, 0.4) is 0 Å². The van der Waals surface area contributed by atoms with Crippen molar-refractivity contribution in [3.63, 3.8) is 0 Å².